The first-order chi connectivity index (χ1) is 9.70. The summed E-state index contributed by atoms with van der Waals surface area (Å²) in [5.74, 6) is -0.300. The lowest BCUT2D eigenvalue weighted by Gasteiger charge is -2.22. The van der Waals surface area contributed by atoms with Gasteiger partial charge in [-0.1, -0.05) is 0 Å². The van der Waals surface area contributed by atoms with Crippen LogP contribution >= 0.6 is 0 Å². The lowest BCUT2D eigenvalue weighted by molar-refractivity contribution is 0.0548. The van der Waals surface area contributed by atoms with Crippen LogP contribution in [0.2, 0.25) is 0 Å². The zero-order chi connectivity index (χ0) is 14.8. The van der Waals surface area contributed by atoms with E-state index in [0.29, 0.717) is 39.5 Å². The first-order valence-corrected chi connectivity index (χ1v) is 6.82. The number of carbonyl (C=O) groups excluding carboxylic acids is 1. The fourth-order valence-electron chi connectivity index (χ4n) is 1.71. The summed E-state index contributed by atoms with van der Waals surface area (Å²) in [6.45, 7) is 6.75. The van der Waals surface area contributed by atoms with Crippen LogP contribution in [0.3, 0.4) is 0 Å². The van der Waals surface area contributed by atoms with Gasteiger partial charge in [-0.3, -0.25) is 9.59 Å². The maximum atomic E-state index is 12.3. The highest BCUT2D eigenvalue weighted by Crippen LogP contribution is 1.99. The summed E-state index contributed by atoms with van der Waals surface area (Å²) in [5, 5.41) is 0. The van der Waals surface area contributed by atoms with Crippen molar-refractivity contribution in [2.75, 3.05) is 39.5 Å². The van der Waals surface area contributed by atoms with Crippen molar-refractivity contribution in [3.05, 3.63) is 34.2 Å². The molecule has 0 aliphatic carbocycles. The van der Waals surface area contributed by atoms with Crippen molar-refractivity contribution in [3.63, 3.8) is 0 Å². The molecule has 0 fully saturated rings. The number of rotatable bonds is 9. The van der Waals surface area contributed by atoms with Crippen molar-refractivity contribution in [2.24, 2.45) is 0 Å². The third kappa shape index (κ3) is 5.14. The minimum Gasteiger partial charge on any atom is -0.380 e. The second-order valence-corrected chi connectivity index (χ2v) is 4.11. The molecule has 6 nitrogen and oxygen atoms in total. The Hall–Kier alpha value is -1.66. The molecule has 0 aliphatic rings. The SMILES string of the molecule is CCOCCN(CCOCC)C(=O)c1c[nH]ccc1=O. The minimum absolute atomic E-state index is 0.139. The summed E-state index contributed by atoms with van der Waals surface area (Å²) < 4.78 is 10.5. The molecule has 112 valence electrons. The molecular formula is C14H22N2O4. The molecule has 0 unspecified atom stereocenters. The van der Waals surface area contributed by atoms with Gasteiger partial charge in [-0.05, 0) is 13.8 Å². The number of amides is 1. The highest BCUT2D eigenvalue weighted by Gasteiger charge is 2.17. The van der Waals surface area contributed by atoms with E-state index in [1.807, 2.05) is 13.8 Å². The van der Waals surface area contributed by atoms with Crippen LogP contribution in [-0.4, -0.2) is 55.3 Å². The number of nitrogens with zero attached hydrogens (tertiary/aromatic N) is 1. The number of H-pyrrole nitrogens is 1. The monoisotopic (exact) mass is 282 g/mol. The molecule has 1 N–H and O–H groups in total. The molecule has 1 aromatic heterocycles. The van der Waals surface area contributed by atoms with Crippen LogP contribution in [0.25, 0.3) is 0 Å². The number of aromatic nitrogens is 1. The van der Waals surface area contributed by atoms with E-state index in [1.165, 1.54) is 18.5 Å². The number of pyridine rings is 1. The maximum Gasteiger partial charge on any atom is 0.259 e. The summed E-state index contributed by atoms with van der Waals surface area (Å²) in [7, 11) is 0. The van der Waals surface area contributed by atoms with Gasteiger partial charge in [-0.2, -0.15) is 0 Å². The first-order valence-electron chi connectivity index (χ1n) is 6.82. The Morgan fingerprint density at radius 1 is 1.20 bits per heavy atom. The second kappa shape index (κ2) is 9.28. The van der Waals surface area contributed by atoms with Crippen LogP contribution in [0, 0.1) is 0 Å². The lowest BCUT2D eigenvalue weighted by atomic mass is 10.2. The van der Waals surface area contributed by atoms with Gasteiger partial charge < -0.3 is 19.4 Å². The van der Waals surface area contributed by atoms with E-state index < -0.39 is 0 Å². The number of hydrogen-bond donors (Lipinski definition) is 1. The third-order valence-corrected chi connectivity index (χ3v) is 2.76. The van der Waals surface area contributed by atoms with Gasteiger partial charge in [0.2, 0.25) is 0 Å². The molecule has 0 atom stereocenters. The van der Waals surface area contributed by atoms with Gasteiger partial charge in [0.1, 0.15) is 5.56 Å². The van der Waals surface area contributed by atoms with E-state index in [4.69, 9.17) is 9.47 Å². The van der Waals surface area contributed by atoms with Crippen LogP contribution in [0.15, 0.2) is 23.3 Å². The summed E-state index contributed by atoms with van der Waals surface area (Å²) in [6.07, 6.45) is 2.93. The Labute approximate surface area is 118 Å². The van der Waals surface area contributed by atoms with Gasteiger partial charge in [0.15, 0.2) is 5.43 Å². The zero-order valence-electron chi connectivity index (χ0n) is 12.1. The number of aromatic amines is 1. The number of carbonyl (C=O) groups is 1. The molecule has 1 aromatic rings. The Bertz CT molecular complexity index is 448. The van der Waals surface area contributed by atoms with Crippen molar-refractivity contribution in [1.82, 2.24) is 9.88 Å². The Balaban J connectivity index is 2.72. The van der Waals surface area contributed by atoms with Crippen LogP contribution in [0.5, 0.6) is 0 Å². The van der Waals surface area contributed by atoms with Gasteiger partial charge in [0, 0.05) is 44.8 Å². The molecule has 0 spiro atoms. The molecule has 0 saturated heterocycles. The Kier molecular flexibility index (Phi) is 7.60. The van der Waals surface area contributed by atoms with E-state index >= 15 is 0 Å². The highest BCUT2D eigenvalue weighted by molar-refractivity contribution is 5.93. The van der Waals surface area contributed by atoms with Crippen LogP contribution in [-0.2, 0) is 9.47 Å². The minimum atomic E-state index is -0.300. The van der Waals surface area contributed by atoms with Gasteiger partial charge in [0.05, 0.1) is 13.2 Å². The average molecular weight is 282 g/mol. The predicted octanol–water partition coefficient (Wildman–Crippen LogP) is 0.890. The van der Waals surface area contributed by atoms with Crippen LogP contribution in [0.1, 0.15) is 24.2 Å². The fourth-order valence-corrected chi connectivity index (χ4v) is 1.71. The summed E-state index contributed by atoms with van der Waals surface area (Å²) >= 11 is 0. The molecule has 0 aromatic carbocycles. The number of ether oxygens (including phenoxy) is 2. The lowest BCUT2D eigenvalue weighted by Crippen LogP contribution is -2.38. The van der Waals surface area contributed by atoms with Gasteiger partial charge in [-0.15, -0.1) is 0 Å². The molecular weight excluding hydrogens is 260 g/mol. The molecule has 1 amide bonds. The van der Waals surface area contributed by atoms with E-state index in [2.05, 4.69) is 4.98 Å². The average Bonchev–Trinajstić information content (AvgIpc) is 2.46. The molecule has 1 rings (SSSR count). The van der Waals surface area contributed by atoms with E-state index in [9.17, 15) is 9.59 Å². The van der Waals surface area contributed by atoms with Crippen molar-refractivity contribution in [3.8, 4) is 0 Å². The number of nitrogens with one attached hydrogen (secondary N) is 1. The molecule has 0 radical (unpaired) electrons. The van der Waals surface area contributed by atoms with Crippen molar-refractivity contribution < 1.29 is 14.3 Å². The number of hydrogen-bond acceptors (Lipinski definition) is 4. The quantitative estimate of drug-likeness (QED) is 0.683. The Morgan fingerprint density at radius 2 is 1.80 bits per heavy atom. The predicted molar refractivity (Wildman–Crippen MR) is 76.0 cm³/mol. The third-order valence-electron chi connectivity index (χ3n) is 2.76. The Morgan fingerprint density at radius 3 is 2.30 bits per heavy atom. The largest absolute Gasteiger partial charge is 0.380 e. The smallest absolute Gasteiger partial charge is 0.259 e. The topological polar surface area (TPSA) is 71.6 Å². The maximum absolute atomic E-state index is 12.3. The molecule has 1 heterocycles. The van der Waals surface area contributed by atoms with Gasteiger partial charge in [0.25, 0.3) is 5.91 Å². The normalized spacial score (nSPS) is 10.5. The van der Waals surface area contributed by atoms with Crippen molar-refractivity contribution >= 4 is 5.91 Å². The molecule has 0 aliphatic heterocycles. The van der Waals surface area contributed by atoms with E-state index in [-0.39, 0.29) is 16.9 Å². The van der Waals surface area contributed by atoms with Crippen LogP contribution in [0.4, 0.5) is 0 Å². The second-order valence-electron chi connectivity index (χ2n) is 4.11. The van der Waals surface area contributed by atoms with Crippen molar-refractivity contribution in [2.45, 2.75) is 13.8 Å². The summed E-state index contributed by atoms with van der Waals surface area (Å²) in [4.78, 5) is 28.4. The van der Waals surface area contributed by atoms with Crippen LogP contribution < -0.4 is 5.43 Å². The standard InChI is InChI=1S/C14H22N2O4/c1-3-19-9-7-16(8-10-20-4-2)14(18)12-11-15-6-5-13(12)17/h5-6,11H,3-4,7-10H2,1-2H3,(H,15,17). The molecule has 6 heteroatoms. The van der Waals surface area contributed by atoms with Crippen molar-refractivity contribution in [1.29, 1.82) is 0 Å². The van der Waals surface area contributed by atoms with E-state index in [0.717, 1.165) is 0 Å². The highest BCUT2D eigenvalue weighted by atomic mass is 16.5. The molecule has 0 saturated carbocycles. The first kappa shape index (κ1) is 16.4. The summed E-state index contributed by atoms with van der Waals surface area (Å²) in [5.41, 5.74) is -0.146. The zero-order valence-corrected chi connectivity index (χ0v) is 12.1. The fraction of sp³-hybridized carbons (Fsp3) is 0.571. The molecule has 0 bridgehead atoms. The molecule has 20 heavy (non-hydrogen) atoms. The van der Waals surface area contributed by atoms with Gasteiger partial charge in [-0.25, -0.2) is 0 Å². The van der Waals surface area contributed by atoms with E-state index in [1.54, 1.807) is 4.90 Å². The summed E-state index contributed by atoms with van der Waals surface area (Å²) in [6, 6.07) is 1.34. The van der Waals surface area contributed by atoms with Gasteiger partial charge >= 0.3 is 0 Å².